The number of Topliss-reactive ketones (excluding diaryl/α,β-unsaturated/α-hetero) is 1. The van der Waals surface area contributed by atoms with Crippen LogP contribution < -0.4 is 0 Å². The SMILES string of the molecule is CCCC(C)C(OCC)C(=O)CC. The second-order valence-corrected chi connectivity index (χ2v) is 3.46. The minimum atomic E-state index is -0.171. The third kappa shape index (κ3) is 4.41. The summed E-state index contributed by atoms with van der Waals surface area (Å²) in [5, 5.41) is 0. The first-order valence-electron chi connectivity index (χ1n) is 5.31. The highest BCUT2D eigenvalue weighted by atomic mass is 16.5. The van der Waals surface area contributed by atoms with Gasteiger partial charge in [0, 0.05) is 13.0 Å². The molecule has 0 fully saturated rings. The standard InChI is InChI=1S/C11H22O2/c1-5-8-9(4)11(13-7-3)10(12)6-2/h9,11H,5-8H2,1-4H3. The van der Waals surface area contributed by atoms with Crippen molar-refractivity contribution < 1.29 is 9.53 Å². The van der Waals surface area contributed by atoms with Gasteiger partial charge >= 0.3 is 0 Å². The van der Waals surface area contributed by atoms with Gasteiger partial charge in [0.25, 0.3) is 0 Å². The molecule has 0 aliphatic carbocycles. The lowest BCUT2D eigenvalue weighted by Crippen LogP contribution is -2.30. The quantitative estimate of drug-likeness (QED) is 0.611. The maximum absolute atomic E-state index is 11.5. The molecule has 0 aromatic heterocycles. The van der Waals surface area contributed by atoms with Crippen molar-refractivity contribution in [3.05, 3.63) is 0 Å². The minimum Gasteiger partial charge on any atom is -0.370 e. The van der Waals surface area contributed by atoms with E-state index in [-0.39, 0.29) is 11.9 Å². The monoisotopic (exact) mass is 186 g/mol. The molecule has 78 valence electrons. The summed E-state index contributed by atoms with van der Waals surface area (Å²) in [4.78, 5) is 11.5. The topological polar surface area (TPSA) is 26.3 Å². The molecular weight excluding hydrogens is 164 g/mol. The first-order chi connectivity index (χ1) is 6.17. The van der Waals surface area contributed by atoms with Gasteiger partial charge in [0.2, 0.25) is 0 Å². The van der Waals surface area contributed by atoms with Gasteiger partial charge in [-0.1, -0.05) is 27.2 Å². The third-order valence-corrected chi connectivity index (χ3v) is 2.27. The summed E-state index contributed by atoms with van der Waals surface area (Å²) in [7, 11) is 0. The molecule has 0 saturated heterocycles. The molecule has 2 heteroatoms. The van der Waals surface area contributed by atoms with Gasteiger partial charge in [-0.2, -0.15) is 0 Å². The van der Waals surface area contributed by atoms with Crippen LogP contribution in [0.1, 0.15) is 47.0 Å². The van der Waals surface area contributed by atoms with E-state index in [0.717, 1.165) is 12.8 Å². The second-order valence-electron chi connectivity index (χ2n) is 3.46. The maximum Gasteiger partial charge on any atom is 0.161 e. The Labute approximate surface area is 81.7 Å². The van der Waals surface area contributed by atoms with Crippen LogP contribution in [0.25, 0.3) is 0 Å². The Morgan fingerprint density at radius 1 is 1.31 bits per heavy atom. The highest BCUT2D eigenvalue weighted by Crippen LogP contribution is 2.15. The summed E-state index contributed by atoms with van der Waals surface area (Å²) in [6.45, 7) is 8.69. The van der Waals surface area contributed by atoms with Crippen LogP contribution in [0, 0.1) is 5.92 Å². The zero-order valence-electron chi connectivity index (χ0n) is 9.30. The van der Waals surface area contributed by atoms with Crippen molar-refractivity contribution in [2.75, 3.05) is 6.61 Å². The van der Waals surface area contributed by atoms with Gasteiger partial charge in [-0.3, -0.25) is 4.79 Å². The zero-order valence-corrected chi connectivity index (χ0v) is 9.30. The van der Waals surface area contributed by atoms with Crippen molar-refractivity contribution in [1.29, 1.82) is 0 Å². The summed E-state index contributed by atoms with van der Waals surface area (Å²) in [6.07, 6.45) is 2.59. The van der Waals surface area contributed by atoms with Crippen LogP contribution >= 0.6 is 0 Å². The molecule has 0 aliphatic heterocycles. The first kappa shape index (κ1) is 12.6. The van der Waals surface area contributed by atoms with Crippen molar-refractivity contribution in [2.24, 2.45) is 5.92 Å². The largest absolute Gasteiger partial charge is 0.370 e. The predicted molar refractivity (Wildman–Crippen MR) is 54.8 cm³/mol. The fourth-order valence-corrected chi connectivity index (χ4v) is 1.56. The van der Waals surface area contributed by atoms with E-state index in [2.05, 4.69) is 13.8 Å². The van der Waals surface area contributed by atoms with Gasteiger partial charge in [0.1, 0.15) is 6.10 Å². The fourth-order valence-electron chi connectivity index (χ4n) is 1.56. The van der Waals surface area contributed by atoms with E-state index in [0.29, 0.717) is 18.9 Å². The van der Waals surface area contributed by atoms with E-state index in [1.54, 1.807) is 0 Å². The van der Waals surface area contributed by atoms with Crippen LogP contribution in [0.15, 0.2) is 0 Å². The first-order valence-corrected chi connectivity index (χ1v) is 5.31. The number of rotatable bonds is 7. The van der Waals surface area contributed by atoms with E-state index in [9.17, 15) is 4.79 Å². The Morgan fingerprint density at radius 3 is 2.31 bits per heavy atom. The molecule has 2 atom stereocenters. The third-order valence-electron chi connectivity index (χ3n) is 2.27. The average Bonchev–Trinajstić information content (AvgIpc) is 2.13. The number of ketones is 1. The Bertz CT molecular complexity index is 143. The highest BCUT2D eigenvalue weighted by Gasteiger charge is 2.22. The molecule has 0 N–H and O–H groups in total. The lowest BCUT2D eigenvalue weighted by atomic mass is 9.95. The summed E-state index contributed by atoms with van der Waals surface area (Å²) in [5.41, 5.74) is 0. The molecule has 2 unspecified atom stereocenters. The van der Waals surface area contributed by atoms with Crippen LogP contribution in [0.5, 0.6) is 0 Å². The van der Waals surface area contributed by atoms with Gasteiger partial charge in [-0.05, 0) is 19.3 Å². The number of hydrogen-bond acceptors (Lipinski definition) is 2. The molecule has 0 saturated carbocycles. The molecule has 0 amide bonds. The molecule has 13 heavy (non-hydrogen) atoms. The van der Waals surface area contributed by atoms with Crippen LogP contribution in [-0.2, 0) is 9.53 Å². The molecule has 0 spiro atoms. The molecule has 2 nitrogen and oxygen atoms in total. The number of carbonyl (C=O) groups is 1. The summed E-state index contributed by atoms with van der Waals surface area (Å²) in [5.74, 6) is 0.597. The van der Waals surface area contributed by atoms with E-state index < -0.39 is 0 Å². The van der Waals surface area contributed by atoms with Gasteiger partial charge in [0.05, 0.1) is 0 Å². The average molecular weight is 186 g/mol. The summed E-state index contributed by atoms with van der Waals surface area (Å²) >= 11 is 0. The molecule has 0 rings (SSSR count). The van der Waals surface area contributed by atoms with E-state index >= 15 is 0 Å². The Balaban J connectivity index is 4.13. The Morgan fingerprint density at radius 2 is 1.92 bits per heavy atom. The van der Waals surface area contributed by atoms with E-state index in [4.69, 9.17) is 4.74 Å². The molecular formula is C11H22O2. The summed E-state index contributed by atoms with van der Waals surface area (Å²) < 4.78 is 5.46. The Hall–Kier alpha value is -0.370. The maximum atomic E-state index is 11.5. The normalized spacial score (nSPS) is 15.4. The number of carbonyl (C=O) groups excluding carboxylic acids is 1. The van der Waals surface area contributed by atoms with Crippen LogP contribution in [0.3, 0.4) is 0 Å². The molecule has 0 aliphatic rings. The summed E-state index contributed by atoms with van der Waals surface area (Å²) in [6, 6.07) is 0. The van der Waals surface area contributed by atoms with Crippen LogP contribution in [-0.4, -0.2) is 18.5 Å². The van der Waals surface area contributed by atoms with Crippen molar-refractivity contribution >= 4 is 5.78 Å². The Kier molecular flexibility index (Phi) is 6.87. The van der Waals surface area contributed by atoms with Crippen LogP contribution in [0.4, 0.5) is 0 Å². The van der Waals surface area contributed by atoms with Crippen molar-refractivity contribution in [3.8, 4) is 0 Å². The van der Waals surface area contributed by atoms with E-state index in [1.807, 2.05) is 13.8 Å². The van der Waals surface area contributed by atoms with Crippen molar-refractivity contribution in [1.82, 2.24) is 0 Å². The zero-order chi connectivity index (χ0) is 10.3. The molecule has 0 aromatic carbocycles. The minimum absolute atomic E-state index is 0.171. The predicted octanol–water partition coefficient (Wildman–Crippen LogP) is 2.81. The van der Waals surface area contributed by atoms with Gasteiger partial charge in [0.15, 0.2) is 5.78 Å². The van der Waals surface area contributed by atoms with Gasteiger partial charge in [-0.15, -0.1) is 0 Å². The smallest absolute Gasteiger partial charge is 0.161 e. The molecule has 0 heterocycles. The molecule has 0 aromatic rings. The van der Waals surface area contributed by atoms with Gasteiger partial charge in [-0.25, -0.2) is 0 Å². The molecule has 0 bridgehead atoms. The van der Waals surface area contributed by atoms with Crippen molar-refractivity contribution in [2.45, 2.75) is 53.1 Å². The van der Waals surface area contributed by atoms with Crippen LogP contribution in [0.2, 0.25) is 0 Å². The highest BCUT2D eigenvalue weighted by molar-refractivity contribution is 5.83. The lowest BCUT2D eigenvalue weighted by Gasteiger charge is -2.21. The van der Waals surface area contributed by atoms with E-state index in [1.165, 1.54) is 0 Å². The molecule has 0 radical (unpaired) electrons. The van der Waals surface area contributed by atoms with Gasteiger partial charge < -0.3 is 4.74 Å². The fraction of sp³-hybridized carbons (Fsp3) is 0.909. The number of ether oxygens (including phenoxy) is 1. The van der Waals surface area contributed by atoms with Crippen molar-refractivity contribution in [3.63, 3.8) is 0 Å². The number of hydrogen-bond donors (Lipinski definition) is 0. The lowest BCUT2D eigenvalue weighted by molar-refractivity contribution is -0.133. The second kappa shape index (κ2) is 7.07.